The van der Waals surface area contributed by atoms with Gasteiger partial charge in [0.1, 0.15) is 5.75 Å². The molecule has 3 rings (SSSR count). The number of carbonyl (C=O) groups excluding carboxylic acids is 3. The number of fused-ring (bicyclic) bond motifs is 1. The van der Waals surface area contributed by atoms with E-state index in [-0.39, 0.29) is 23.3 Å². The Hall–Kier alpha value is -3.15. The SMILES string of the molecule is CCCCOc1cccc(CNC(=O)c2ccc3c(c2)C(=O)N(C)C3=O)c1. The molecule has 2 aromatic carbocycles. The maximum atomic E-state index is 12.4. The maximum absolute atomic E-state index is 12.4. The molecule has 2 aromatic rings. The largest absolute Gasteiger partial charge is 0.494 e. The Morgan fingerprint density at radius 2 is 1.85 bits per heavy atom. The van der Waals surface area contributed by atoms with E-state index in [1.807, 2.05) is 24.3 Å². The van der Waals surface area contributed by atoms with Crippen molar-refractivity contribution in [1.82, 2.24) is 10.2 Å². The molecule has 1 aliphatic heterocycles. The lowest BCUT2D eigenvalue weighted by atomic mass is 10.1. The van der Waals surface area contributed by atoms with Crippen LogP contribution in [0.2, 0.25) is 0 Å². The summed E-state index contributed by atoms with van der Waals surface area (Å²) in [5.41, 5.74) is 1.86. The Kier molecular flexibility index (Phi) is 5.54. The molecule has 0 unspecified atom stereocenters. The van der Waals surface area contributed by atoms with Gasteiger partial charge < -0.3 is 10.1 Å². The number of nitrogens with zero attached hydrogens (tertiary/aromatic N) is 1. The van der Waals surface area contributed by atoms with E-state index in [1.165, 1.54) is 19.2 Å². The minimum absolute atomic E-state index is 0.265. The van der Waals surface area contributed by atoms with Crippen molar-refractivity contribution in [2.24, 2.45) is 0 Å². The predicted octanol–water partition coefficient (Wildman–Crippen LogP) is 3.02. The standard InChI is InChI=1S/C21H22N2O4/c1-3-4-10-27-16-7-5-6-14(11-16)13-22-19(24)15-8-9-17-18(12-15)21(26)23(2)20(17)25/h5-9,11-12H,3-4,10,13H2,1-2H3,(H,22,24). The Labute approximate surface area is 158 Å². The normalized spacial score (nSPS) is 12.9. The minimum atomic E-state index is -0.387. The van der Waals surface area contributed by atoms with Crippen LogP contribution in [0.3, 0.4) is 0 Å². The van der Waals surface area contributed by atoms with Crippen LogP contribution < -0.4 is 10.1 Å². The fourth-order valence-corrected chi connectivity index (χ4v) is 2.87. The quantitative estimate of drug-likeness (QED) is 0.604. The van der Waals surface area contributed by atoms with Gasteiger partial charge in [-0.05, 0) is 42.3 Å². The van der Waals surface area contributed by atoms with Crippen molar-refractivity contribution in [2.45, 2.75) is 26.3 Å². The highest BCUT2D eigenvalue weighted by atomic mass is 16.5. The monoisotopic (exact) mass is 366 g/mol. The number of rotatable bonds is 7. The molecule has 0 radical (unpaired) electrons. The summed E-state index contributed by atoms with van der Waals surface area (Å²) in [5, 5.41) is 2.83. The number of unbranched alkanes of at least 4 members (excludes halogenated alkanes) is 1. The van der Waals surface area contributed by atoms with Crippen molar-refractivity contribution in [3.63, 3.8) is 0 Å². The highest BCUT2D eigenvalue weighted by Gasteiger charge is 2.33. The first-order chi connectivity index (χ1) is 13.0. The lowest BCUT2D eigenvalue weighted by Gasteiger charge is -2.09. The van der Waals surface area contributed by atoms with Gasteiger partial charge in [0.25, 0.3) is 17.7 Å². The summed E-state index contributed by atoms with van der Waals surface area (Å²) in [5.74, 6) is -0.256. The van der Waals surface area contributed by atoms with Crippen molar-refractivity contribution in [3.8, 4) is 5.75 Å². The Morgan fingerprint density at radius 1 is 1.07 bits per heavy atom. The van der Waals surface area contributed by atoms with E-state index in [0.717, 1.165) is 29.1 Å². The van der Waals surface area contributed by atoms with Crippen molar-refractivity contribution in [1.29, 1.82) is 0 Å². The molecule has 0 fully saturated rings. The molecule has 27 heavy (non-hydrogen) atoms. The number of ether oxygens (including phenoxy) is 1. The van der Waals surface area contributed by atoms with Crippen LogP contribution in [-0.2, 0) is 6.54 Å². The van der Waals surface area contributed by atoms with Crippen molar-refractivity contribution >= 4 is 17.7 Å². The van der Waals surface area contributed by atoms with Gasteiger partial charge in [-0.25, -0.2) is 0 Å². The van der Waals surface area contributed by atoms with Crippen molar-refractivity contribution in [3.05, 3.63) is 64.7 Å². The highest BCUT2D eigenvalue weighted by molar-refractivity contribution is 6.21. The third-order valence-corrected chi connectivity index (χ3v) is 4.47. The Bertz CT molecular complexity index is 892. The lowest BCUT2D eigenvalue weighted by molar-refractivity contribution is 0.0693. The van der Waals surface area contributed by atoms with Gasteiger partial charge in [0.05, 0.1) is 17.7 Å². The summed E-state index contributed by atoms with van der Waals surface area (Å²) >= 11 is 0. The van der Waals surface area contributed by atoms with E-state index in [0.29, 0.717) is 24.3 Å². The Balaban J connectivity index is 1.65. The average Bonchev–Trinajstić information content (AvgIpc) is 2.90. The second-order valence-electron chi connectivity index (χ2n) is 6.46. The number of hydrogen-bond acceptors (Lipinski definition) is 4. The van der Waals surface area contributed by atoms with Gasteiger partial charge in [0.15, 0.2) is 0 Å². The number of nitrogens with one attached hydrogen (secondary N) is 1. The molecule has 0 aromatic heterocycles. The third kappa shape index (κ3) is 4.00. The first kappa shape index (κ1) is 18.6. The molecule has 0 spiro atoms. The molecule has 3 amide bonds. The molecule has 6 nitrogen and oxygen atoms in total. The molecule has 0 aliphatic carbocycles. The van der Waals surface area contributed by atoms with E-state index in [1.54, 1.807) is 6.07 Å². The van der Waals surface area contributed by atoms with Crippen LogP contribution in [0, 0.1) is 0 Å². The summed E-state index contributed by atoms with van der Waals surface area (Å²) in [7, 11) is 1.43. The molecular weight excluding hydrogens is 344 g/mol. The van der Waals surface area contributed by atoms with Crippen molar-refractivity contribution in [2.75, 3.05) is 13.7 Å². The summed E-state index contributed by atoms with van der Waals surface area (Å²) in [6, 6.07) is 12.1. The highest BCUT2D eigenvalue weighted by Crippen LogP contribution is 2.22. The molecule has 0 atom stereocenters. The fraction of sp³-hybridized carbons (Fsp3) is 0.286. The number of benzene rings is 2. The molecule has 140 valence electrons. The molecule has 0 saturated heterocycles. The lowest BCUT2D eigenvalue weighted by Crippen LogP contribution is -2.24. The van der Waals surface area contributed by atoms with Crippen LogP contribution in [0.25, 0.3) is 0 Å². The van der Waals surface area contributed by atoms with Crippen LogP contribution in [0.4, 0.5) is 0 Å². The summed E-state index contributed by atoms with van der Waals surface area (Å²) < 4.78 is 5.67. The van der Waals surface area contributed by atoms with Crippen LogP contribution in [-0.4, -0.2) is 36.3 Å². The predicted molar refractivity (Wildman–Crippen MR) is 101 cm³/mol. The van der Waals surface area contributed by atoms with Gasteiger partial charge in [-0.15, -0.1) is 0 Å². The zero-order valence-electron chi connectivity index (χ0n) is 15.5. The topological polar surface area (TPSA) is 75.7 Å². The second-order valence-corrected chi connectivity index (χ2v) is 6.46. The zero-order valence-corrected chi connectivity index (χ0v) is 15.5. The average molecular weight is 366 g/mol. The zero-order chi connectivity index (χ0) is 19.4. The van der Waals surface area contributed by atoms with Gasteiger partial charge >= 0.3 is 0 Å². The van der Waals surface area contributed by atoms with Crippen LogP contribution in [0.5, 0.6) is 5.75 Å². The van der Waals surface area contributed by atoms with Gasteiger partial charge in [-0.2, -0.15) is 0 Å². The summed E-state index contributed by atoms with van der Waals surface area (Å²) in [6.45, 7) is 3.12. The Morgan fingerprint density at radius 3 is 2.63 bits per heavy atom. The molecule has 1 heterocycles. The number of imide groups is 1. The van der Waals surface area contributed by atoms with Gasteiger partial charge in [0, 0.05) is 19.2 Å². The number of hydrogen-bond donors (Lipinski definition) is 1. The molecule has 1 N–H and O–H groups in total. The van der Waals surface area contributed by atoms with Gasteiger partial charge in [-0.3, -0.25) is 19.3 Å². The van der Waals surface area contributed by atoms with E-state index in [2.05, 4.69) is 12.2 Å². The van der Waals surface area contributed by atoms with E-state index < -0.39 is 0 Å². The van der Waals surface area contributed by atoms with Gasteiger partial charge in [0.2, 0.25) is 0 Å². The fourth-order valence-electron chi connectivity index (χ4n) is 2.87. The van der Waals surface area contributed by atoms with Crippen LogP contribution in [0.1, 0.15) is 56.4 Å². The molecule has 0 bridgehead atoms. The number of amides is 3. The minimum Gasteiger partial charge on any atom is -0.494 e. The smallest absolute Gasteiger partial charge is 0.261 e. The first-order valence-electron chi connectivity index (χ1n) is 8.97. The van der Waals surface area contributed by atoms with E-state index in [4.69, 9.17) is 4.74 Å². The number of carbonyl (C=O) groups is 3. The third-order valence-electron chi connectivity index (χ3n) is 4.47. The second kappa shape index (κ2) is 8.03. The van der Waals surface area contributed by atoms with E-state index in [9.17, 15) is 14.4 Å². The first-order valence-corrected chi connectivity index (χ1v) is 8.97. The van der Waals surface area contributed by atoms with Crippen LogP contribution in [0.15, 0.2) is 42.5 Å². The molecule has 6 heteroatoms. The summed E-state index contributed by atoms with van der Waals surface area (Å²) in [6.07, 6.45) is 2.07. The maximum Gasteiger partial charge on any atom is 0.261 e. The molecular formula is C21H22N2O4. The van der Waals surface area contributed by atoms with Gasteiger partial charge in [-0.1, -0.05) is 25.5 Å². The van der Waals surface area contributed by atoms with Crippen molar-refractivity contribution < 1.29 is 19.1 Å². The van der Waals surface area contributed by atoms with Crippen LogP contribution >= 0.6 is 0 Å². The summed E-state index contributed by atoms with van der Waals surface area (Å²) in [4.78, 5) is 37.5. The van der Waals surface area contributed by atoms with E-state index >= 15 is 0 Å². The molecule has 1 aliphatic rings. The molecule has 0 saturated carbocycles.